The summed E-state index contributed by atoms with van der Waals surface area (Å²) >= 11 is 0. The Bertz CT molecular complexity index is 140. The summed E-state index contributed by atoms with van der Waals surface area (Å²) in [4.78, 5) is 0. The quantitative estimate of drug-likeness (QED) is 0.543. The van der Waals surface area contributed by atoms with Crippen LogP contribution in [0.2, 0.25) is 0 Å². The monoisotopic (exact) mass is 227 g/mol. The summed E-state index contributed by atoms with van der Waals surface area (Å²) in [6.45, 7) is 13.9. The smallest absolute Gasteiger partial charge is 0.00203 e. The minimum Gasteiger partial charge on any atom is -0.316 e. The van der Waals surface area contributed by atoms with Gasteiger partial charge in [0.2, 0.25) is 0 Å². The number of nitrogens with one attached hydrogen (secondary N) is 1. The fourth-order valence-corrected chi connectivity index (χ4v) is 2.23. The highest BCUT2D eigenvalue weighted by Gasteiger charge is 2.10. The highest BCUT2D eigenvalue weighted by atomic mass is 14.9. The molecule has 1 heteroatoms. The van der Waals surface area contributed by atoms with Crippen molar-refractivity contribution in [3.63, 3.8) is 0 Å². The Hall–Kier alpha value is -0.0400. The molecule has 0 aromatic heterocycles. The Kier molecular flexibility index (Phi) is 10.1. The number of rotatable bonds is 10. The van der Waals surface area contributed by atoms with Crippen molar-refractivity contribution < 1.29 is 0 Å². The molecule has 0 bridgehead atoms. The molecule has 0 spiro atoms. The van der Waals surface area contributed by atoms with Crippen LogP contribution in [-0.2, 0) is 0 Å². The first-order chi connectivity index (χ1) is 7.56. The average Bonchev–Trinajstić information content (AvgIpc) is 2.16. The molecule has 1 nitrogen and oxygen atoms in total. The topological polar surface area (TPSA) is 12.0 Å². The second-order valence-corrected chi connectivity index (χ2v) is 6.04. The Morgan fingerprint density at radius 3 is 2.06 bits per heavy atom. The SMILES string of the molecule is CCCCCC(CNCC(C)C)CC(C)C. The molecule has 0 rings (SSSR count). The lowest BCUT2D eigenvalue weighted by molar-refractivity contribution is 0.349. The van der Waals surface area contributed by atoms with Crippen LogP contribution >= 0.6 is 0 Å². The van der Waals surface area contributed by atoms with Crippen LogP contribution in [0.4, 0.5) is 0 Å². The maximum absolute atomic E-state index is 3.62. The van der Waals surface area contributed by atoms with Crippen LogP contribution in [0.15, 0.2) is 0 Å². The standard InChI is InChI=1S/C15H33N/c1-6-7-8-9-15(10-13(2)3)12-16-11-14(4)5/h13-16H,6-12H2,1-5H3. The van der Waals surface area contributed by atoms with Gasteiger partial charge in [-0.05, 0) is 43.7 Å². The number of unbranched alkanes of at least 4 members (excludes halogenated alkanes) is 2. The van der Waals surface area contributed by atoms with E-state index in [1.165, 1.54) is 45.2 Å². The van der Waals surface area contributed by atoms with Gasteiger partial charge in [-0.25, -0.2) is 0 Å². The van der Waals surface area contributed by atoms with Crippen LogP contribution in [0.3, 0.4) is 0 Å². The van der Waals surface area contributed by atoms with E-state index in [1.807, 2.05) is 0 Å². The molecule has 1 unspecified atom stereocenters. The minimum absolute atomic E-state index is 0.773. The van der Waals surface area contributed by atoms with Gasteiger partial charge in [0.15, 0.2) is 0 Å². The third-order valence-electron chi connectivity index (χ3n) is 3.01. The van der Waals surface area contributed by atoms with E-state index in [0.29, 0.717) is 0 Å². The highest BCUT2D eigenvalue weighted by molar-refractivity contribution is 4.65. The van der Waals surface area contributed by atoms with Crippen molar-refractivity contribution in [3.8, 4) is 0 Å². The normalized spacial score (nSPS) is 13.7. The maximum Gasteiger partial charge on any atom is -0.00203 e. The molecule has 1 N–H and O–H groups in total. The molecule has 0 aliphatic carbocycles. The summed E-state index contributed by atoms with van der Waals surface area (Å²) < 4.78 is 0. The maximum atomic E-state index is 3.62. The van der Waals surface area contributed by atoms with Crippen molar-refractivity contribution in [2.24, 2.45) is 17.8 Å². The minimum atomic E-state index is 0.773. The molecule has 0 radical (unpaired) electrons. The van der Waals surface area contributed by atoms with Gasteiger partial charge in [-0.1, -0.05) is 53.9 Å². The molecule has 0 saturated carbocycles. The Morgan fingerprint density at radius 2 is 1.56 bits per heavy atom. The first-order valence-electron chi connectivity index (χ1n) is 7.26. The lowest BCUT2D eigenvalue weighted by Crippen LogP contribution is -2.27. The third-order valence-corrected chi connectivity index (χ3v) is 3.01. The highest BCUT2D eigenvalue weighted by Crippen LogP contribution is 2.18. The van der Waals surface area contributed by atoms with Gasteiger partial charge >= 0.3 is 0 Å². The first kappa shape index (κ1) is 16.0. The van der Waals surface area contributed by atoms with E-state index in [2.05, 4.69) is 39.9 Å². The van der Waals surface area contributed by atoms with E-state index < -0.39 is 0 Å². The van der Waals surface area contributed by atoms with E-state index in [1.54, 1.807) is 0 Å². The molecule has 1 atom stereocenters. The van der Waals surface area contributed by atoms with Crippen molar-refractivity contribution in [2.45, 2.75) is 66.7 Å². The molecule has 16 heavy (non-hydrogen) atoms. The van der Waals surface area contributed by atoms with Gasteiger partial charge in [-0.15, -0.1) is 0 Å². The van der Waals surface area contributed by atoms with Crippen LogP contribution in [-0.4, -0.2) is 13.1 Å². The zero-order valence-electron chi connectivity index (χ0n) is 12.2. The fourth-order valence-electron chi connectivity index (χ4n) is 2.23. The van der Waals surface area contributed by atoms with Gasteiger partial charge < -0.3 is 5.32 Å². The Morgan fingerprint density at radius 1 is 0.875 bits per heavy atom. The van der Waals surface area contributed by atoms with Gasteiger partial charge in [-0.3, -0.25) is 0 Å². The molecule has 0 fully saturated rings. The Balaban J connectivity index is 3.71. The lowest BCUT2D eigenvalue weighted by atomic mass is 9.92. The third kappa shape index (κ3) is 10.5. The summed E-state index contributed by atoms with van der Waals surface area (Å²) in [5, 5.41) is 3.62. The van der Waals surface area contributed by atoms with Crippen LogP contribution < -0.4 is 5.32 Å². The van der Waals surface area contributed by atoms with Gasteiger partial charge in [0, 0.05) is 0 Å². The summed E-state index contributed by atoms with van der Waals surface area (Å²) in [6.07, 6.45) is 6.95. The van der Waals surface area contributed by atoms with Gasteiger partial charge in [0.1, 0.15) is 0 Å². The predicted octanol–water partition coefficient (Wildman–Crippen LogP) is 4.47. The molecule has 0 aliphatic rings. The Labute approximate surface area is 103 Å². The van der Waals surface area contributed by atoms with Crippen LogP contribution in [0, 0.1) is 17.8 Å². The molecule has 0 aromatic rings. The summed E-state index contributed by atoms with van der Waals surface area (Å²) in [5.74, 6) is 2.51. The summed E-state index contributed by atoms with van der Waals surface area (Å²) in [5.41, 5.74) is 0. The second-order valence-electron chi connectivity index (χ2n) is 6.04. The molecular weight excluding hydrogens is 194 g/mol. The lowest BCUT2D eigenvalue weighted by Gasteiger charge is -2.20. The second kappa shape index (κ2) is 10.1. The van der Waals surface area contributed by atoms with Gasteiger partial charge in [-0.2, -0.15) is 0 Å². The van der Waals surface area contributed by atoms with Crippen molar-refractivity contribution >= 4 is 0 Å². The average molecular weight is 227 g/mol. The van der Waals surface area contributed by atoms with Crippen molar-refractivity contribution in [1.82, 2.24) is 5.32 Å². The van der Waals surface area contributed by atoms with Crippen molar-refractivity contribution in [3.05, 3.63) is 0 Å². The van der Waals surface area contributed by atoms with E-state index in [4.69, 9.17) is 0 Å². The van der Waals surface area contributed by atoms with E-state index in [9.17, 15) is 0 Å². The zero-order valence-corrected chi connectivity index (χ0v) is 12.2. The summed E-state index contributed by atoms with van der Waals surface area (Å²) in [6, 6.07) is 0. The van der Waals surface area contributed by atoms with Crippen molar-refractivity contribution in [1.29, 1.82) is 0 Å². The van der Waals surface area contributed by atoms with Crippen LogP contribution in [0.25, 0.3) is 0 Å². The van der Waals surface area contributed by atoms with Crippen molar-refractivity contribution in [2.75, 3.05) is 13.1 Å². The molecule has 0 heterocycles. The predicted molar refractivity (Wildman–Crippen MR) is 74.8 cm³/mol. The zero-order chi connectivity index (χ0) is 12.4. The molecule has 0 aliphatic heterocycles. The number of hydrogen-bond acceptors (Lipinski definition) is 1. The van der Waals surface area contributed by atoms with Gasteiger partial charge in [0.25, 0.3) is 0 Å². The van der Waals surface area contributed by atoms with E-state index in [-0.39, 0.29) is 0 Å². The van der Waals surface area contributed by atoms with Crippen LogP contribution in [0.1, 0.15) is 66.7 Å². The first-order valence-corrected chi connectivity index (χ1v) is 7.26. The molecule has 98 valence electrons. The van der Waals surface area contributed by atoms with E-state index in [0.717, 1.165) is 17.8 Å². The van der Waals surface area contributed by atoms with Gasteiger partial charge in [0.05, 0.1) is 0 Å². The molecular formula is C15H33N. The molecule has 0 aromatic carbocycles. The molecule has 0 amide bonds. The van der Waals surface area contributed by atoms with E-state index >= 15 is 0 Å². The number of hydrogen-bond donors (Lipinski definition) is 1. The fraction of sp³-hybridized carbons (Fsp3) is 1.00. The molecule has 0 saturated heterocycles. The summed E-state index contributed by atoms with van der Waals surface area (Å²) in [7, 11) is 0. The largest absolute Gasteiger partial charge is 0.316 e. The van der Waals surface area contributed by atoms with Crippen LogP contribution in [0.5, 0.6) is 0 Å².